The predicted octanol–water partition coefficient (Wildman–Crippen LogP) is 2.10. The maximum absolute atomic E-state index is 10.8. The molecule has 2 atom stereocenters. The lowest BCUT2D eigenvalue weighted by Crippen LogP contribution is -2.20. The molecule has 0 fully saturated rings. The van der Waals surface area contributed by atoms with Crippen LogP contribution in [0.1, 0.15) is 20.8 Å². The van der Waals surface area contributed by atoms with Crippen molar-refractivity contribution in [2.75, 3.05) is 7.11 Å². The van der Waals surface area contributed by atoms with E-state index in [0.29, 0.717) is 17.6 Å². The number of amides is 1. The maximum Gasteiger partial charge on any atom is 0.244 e. The van der Waals surface area contributed by atoms with Crippen LogP contribution in [0.2, 0.25) is 0 Å². The molecular formula is C12H21NO2. The van der Waals surface area contributed by atoms with Gasteiger partial charge in [-0.1, -0.05) is 26.8 Å². The van der Waals surface area contributed by atoms with Gasteiger partial charge in [-0.05, 0) is 11.8 Å². The third-order valence-corrected chi connectivity index (χ3v) is 2.72. The van der Waals surface area contributed by atoms with Crippen molar-refractivity contribution in [1.29, 1.82) is 0 Å². The van der Waals surface area contributed by atoms with E-state index in [1.54, 1.807) is 13.2 Å². The van der Waals surface area contributed by atoms with Crippen LogP contribution in [0.15, 0.2) is 24.5 Å². The lowest BCUT2D eigenvalue weighted by molar-refractivity contribution is -0.113. The van der Waals surface area contributed by atoms with Gasteiger partial charge in [0.15, 0.2) is 0 Å². The van der Waals surface area contributed by atoms with Gasteiger partial charge in [-0.15, -0.1) is 6.58 Å². The zero-order valence-corrected chi connectivity index (χ0v) is 9.99. The quantitative estimate of drug-likeness (QED) is 0.415. The van der Waals surface area contributed by atoms with Gasteiger partial charge in [-0.25, -0.2) is 0 Å². The van der Waals surface area contributed by atoms with Gasteiger partial charge in [0.1, 0.15) is 5.76 Å². The van der Waals surface area contributed by atoms with Gasteiger partial charge in [0.25, 0.3) is 0 Å². The predicted molar refractivity (Wildman–Crippen MR) is 62.0 cm³/mol. The van der Waals surface area contributed by atoms with E-state index in [-0.39, 0.29) is 5.92 Å². The van der Waals surface area contributed by atoms with Crippen molar-refractivity contribution in [2.45, 2.75) is 20.8 Å². The number of nitrogens with two attached hydrogens (primary N) is 1. The van der Waals surface area contributed by atoms with E-state index in [1.165, 1.54) is 6.08 Å². The Kier molecular flexibility index (Phi) is 5.75. The van der Waals surface area contributed by atoms with Crippen molar-refractivity contribution in [1.82, 2.24) is 0 Å². The molecule has 0 aromatic heterocycles. The molecule has 1 amide bonds. The van der Waals surface area contributed by atoms with Crippen molar-refractivity contribution in [3.05, 3.63) is 24.5 Å². The van der Waals surface area contributed by atoms with Gasteiger partial charge in [0, 0.05) is 12.0 Å². The highest BCUT2D eigenvalue weighted by molar-refractivity contribution is 5.86. The summed E-state index contributed by atoms with van der Waals surface area (Å²) < 4.78 is 5.17. The van der Waals surface area contributed by atoms with Gasteiger partial charge < -0.3 is 10.5 Å². The third-order valence-electron chi connectivity index (χ3n) is 2.72. The Morgan fingerprint density at radius 3 is 2.20 bits per heavy atom. The number of ether oxygens (including phenoxy) is 1. The molecule has 0 spiro atoms. The number of allylic oxidation sites excluding steroid dienone is 1. The second kappa shape index (κ2) is 6.27. The number of rotatable bonds is 6. The summed E-state index contributed by atoms with van der Waals surface area (Å²) in [6.45, 7) is 10.1. The average molecular weight is 211 g/mol. The smallest absolute Gasteiger partial charge is 0.244 e. The third kappa shape index (κ3) is 4.19. The molecule has 86 valence electrons. The first-order valence-corrected chi connectivity index (χ1v) is 5.11. The van der Waals surface area contributed by atoms with Gasteiger partial charge >= 0.3 is 0 Å². The highest BCUT2D eigenvalue weighted by Crippen LogP contribution is 2.28. The topological polar surface area (TPSA) is 52.3 Å². The van der Waals surface area contributed by atoms with E-state index < -0.39 is 5.91 Å². The molecule has 0 aliphatic rings. The molecule has 3 heteroatoms. The Hall–Kier alpha value is -1.25. The van der Waals surface area contributed by atoms with Gasteiger partial charge in [0.05, 0.1) is 7.11 Å². The summed E-state index contributed by atoms with van der Waals surface area (Å²) in [6, 6.07) is 0. The summed E-state index contributed by atoms with van der Waals surface area (Å²) in [7, 11) is 1.54. The van der Waals surface area contributed by atoms with Gasteiger partial charge in [-0.3, -0.25) is 4.79 Å². The van der Waals surface area contributed by atoms with Crippen molar-refractivity contribution in [2.24, 2.45) is 23.5 Å². The van der Waals surface area contributed by atoms with E-state index >= 15 is 0 Å². The second-order valence-corrected chi connectivity index (χ2v) is 4.02. The molecule has 2 N–H and O–H groups in total. The molecule has 0 saturated heterocycles. The molecule has 0 aliphatic carbocycles. The lowest BCUT2D eigenvalue weighted by atomic mass is 9.83. The molecule has 0 aromatic carbocycles. The van der Waals surface area contributed by atoms with Crippen LogP contribution < -0.4 is 5.73 Å². The Morgan fingerprint density at radius 2 is 1.93 bits per heavy atom. The van der Waals surface area contributed by atoms with Crippen LogP contribution in [0.3, 0.4) is 0 Å². The Balaban J connectivity index is 4.92. The number of carbonyl (C=O) groups is 1. The number of primary amides is 1. The Morgan fingerprint density at radius 1 is 1.40 bits per heavy atom. The fraction of sp³-hybridized carbons (Fsp3) is 0.583. The summed E-state index contributed by atoms with van der Waals surface area (Å²) in [5, 5.41) is 0. The van der Waals surface area contributed by atoms with Crippen molar-refractivity contribution < 1.29 is 9.53 Å². The number of carbonyl (C=O) groups excluding carboxylic acids is 1. The SMILES string of the molecule is C=C[C@H](/C(=C\C(N)=O)OC)[C@H](C)C(C)C. The average Bonchev–Trinajstić information content (AvgIpc) is 2.16. The van der Waals surface area contributed by atoms with E-state index in [9.17, 15) is 4.79 Å². The number of hydrogen-bond acceptors (Lipinski definition) is 2. The van der Waals surface area contributed by atoms with E-state index in [0.717, 1.165) is 0 Å². The second-order valence-electron chi connectivity index (χ2n) is 4.02. The molecule has 0 saturated carbocycles. The fourth-order valence-corrected chi connectivity index (χ4v) is 1.44. The van der Waals surface area contributed by atoms with Crippen molar-refractivity contribution in [3.8, 4) is 0 Å². The van der Waals surface area contributed by atoms with Crippen LogP contribution in [0.4, 0.5) is 0 Å². The molecule has 3 nitrogen and oxygen atoms in total. The first-order chi connectivity index (χ1) is 6.93. The van der Waals surface area contributed by atoms with Crippen molar-refractivity contribution >= 4 is 5.91 Å². The Labute approximate surface area is 92.0 Å². The largest absolute Gasteiger partial charge is 0.500 e. The summed E-state index contributed by atoms with van der Waals surface area (Å²) >= 11 is 0. The van der Waals surface area contributed by atoms with Crippen LogP contribution in [0, 0.1) is 17.8 Å². The van der Waals surface area contributed by atoms with Gasteiger partial charge in [0.2, 0.25) is 5.91 Å². The summed E-state index contributed by atoms with van der Waals surface area (Å²) in [6.07, 6.45) is 3.12. The van der Waals surface area contributed by atoms with E-state index in [4.69, 9.17) is 10.5 Å². The maximum atomic E-state index is 10.8. The summed E-state index contributed by atoms with van der Waals surface area (Å²) in [5.74, 6) is 0.961. The number of hydrogen-bond donors (Lipinski definition) is 1. The Bertz CT molecular complexity index is 256. The van der Waals surface area contributed by atoms with Crippen LogP contribution in [0.5, 0.6) is 0 Å². The monoisotopic (exact) mass is 211 g/mol. The molecule has 15 heavy (non-hydrogen) atoms. The highest BCUT2D eigenvalue weighted by atomic mass is 16.5. The first kappa shape index (κ1) is 13.8. The van der Waals surface area contributed by atoms with E-state index in [1.807, 2.05) is 0 Å². The fourth-order valence-electron chi connectivity index (χ4n) is 1.44. The van der Waals surface area contributed by atoms with Crippen molar-refractivity contribution in [3.63, 3.8) is 0 Å². The first-order valence-electron chi connectivity index (χ1n) is 5.11. The molecule has 0 radical (unpaired) electrons. The van der Waals surface area contributed by atoms with Crippen LogP contribution in [-0.4, -0.2) is 13.0 Å². The van der Waals surface area contributed by atoms with Crippen LogP contribution in [0.25, 0.3) is 0 Å². The highest BCUT2D eigenvalue weighted by Gasteiger charge is 2.22. The molecule has 0 rings (SSSR count). The van der Waals surface area contributed by atoms with E-state index in [2.05, 4.69) is 27.4 Å². The molecule has 0 heterocycles. The minimum atomic E-state index is -0.491. The molecule has 0 bridgehead atoms. The van der Waals surface area contributed by atoms with Gasteiger partial charge in [-0.2, -0.15) is 0 Å². The zero-order valence-electron chi connectivity index (χ0n) is 9.99. The van der Waals surface area contributed by atoms with Crippen LogP contribution >= 0.6 is 0 Å². The zero-order chi connectivity index (χ0) is 12.0. The number of methoxy groups -OCH3 is 1. The normalized spacial score (nSPS) is 15.9. The minimum Gasteiger partial charge on any atom is -0.500 e. The summed E-state index contributed by atoms with van der Waals surface area (Å²) in [5.41, 5.74) is 5.11. The van der Waals surface area contributed by atoms with Crippen LogP contribution in [-0.2, 0) is 9.53 Å². The molecule has 0 aliphatic heterocycles. The molecular weight excluding hydrogens is 190 g/mol. The standard InChI is InChI=1S/C12H21NO2/c1-6-10(9(4)8(2)3)11(15-5)7-12(13)14/h6-10H,1H2,2-5H3,(H2,13,14)/b11-7+/t9-,10+/m1/s1. The lowest BCUT2D eigenvalue weighted by Gasteiger charge is -2.25. The molecule has 0 unspecified atom stereocenters. The molecule has 0 aromatic rings. The summed E-state index contributed by atoms with van der Waals surface area (Å²) in [4.78, 5) is 10.8. The minimum absolute atomic E-state index is 0.0301.